The predicted molar refractivity (Wildman–Crippen MR) is 56.7 cm³/mol. The lowest BCUT2D eigenvalue weighted by atomic mass is 10.2. The summed E-state index contributed by atoms with van der Waals surface area (Å²) in [4.78, 5) is 2.07. The van der Waals surface area contributed by atoms with Gasteiger partial charge in [0.25, 0.3) is 0 Å². The summed E-state index contributed by atoms with van der Waals surface area (Å²) in [6.07, 6.45) is 1.60. The summed E-state index contributed by atoms with van der Waals surface area (Å²) in [5.41, 5.74) is 0. The van der Waals surface area contributed by atoms with Crippen molar-refractivity contribution < 1.29 is 9.15 Å². The van der Waals surface area contributed by atoms with Gasteiger partial charge in [-0.3, -0.25) is 4.90 Å². The molecule has 1 fully saturated rings. The first-order chi connectivity index (χ1) is 6.92. The van der Waals surface area contributed by atoms with Gasteiger partial charge in [0.05, 0.1) is 25.5 Å². The Morgan fingerprint density at radius 3 is 2.67 bits per heavy atom. The maximum Gasteiger partial charge on any atom is 0.157 e. The summed E-state index contributed by atoms with van der Waals surface area (Å²) in [6, 6.07) is 5.62. The number of nitrogens with zero attached hydrogens (tertiary/aromatic N) is 2. The van der Waals surface area contributed by atoms with Crippen molar-refractivity contribution in [1.82, 2.24) is 4.90 Å². The van der Waals surface area contributed by atoms with E-state index >= 15 is 0 Å². The van der Waals surface area contributed by atoms with Crippen molar-refractivity contribution in [3.05, 3.63) is 24.2 Å². The van der Waals surface area contributed by atoms with Crippen LogP contribution >= 0.6 is 12.4 Å². The van der Waals surface area contributed by atoms with Gasteiger partial charge in [0.2, 0.25) is 0 Å². The summed E-state index contributed by atoms with van der Waals surface area (Å²) >= 11 is 0. The summed E-state index contributed by atoms with van der Waals surface area (Å²) in [5, 5.41) is 9.06. The normalized spacial score (nSPS) is 18.9. The third-order valence-electron chi connectivity index (χ3n) is 2.35. The number of ether oxygens (including phenoxy) is 1. The maximum absolute atomic E-state index is 9.06. The van der Waals surface area contributed by atoms with Crippen molar-refractivity contribution in [2.24, 2.45) is 0 Å². The molecule has 0 aromatic carbocycles. The Kier molecular flexibility index (Phi) is 4.63. The number of halogens is 1. The van der Waals surface area contributed by atoms with Crippen LogP contribution in [0, 0.1) is 11.3 Å². The molecule has 0 aliphatic carbocycles. The molecule has 0 N–H and O–H groups in total. The summed E-state index contributed by atoms with van der Waals surface area (Å²) in [6.45, 7) is 2.97. The molecule has 0 saturated carbocycles. The van der Waals surface area contributed by atoms with Crippen molar-refractivity contribution in [2.75, 3.05) is 26.3 Å². The van der Waals surface area contributed by atoms with Crippen LogP contribution in [0.2, 0.25) is 0 Å². The van der Waals surface area contributed by atoms with E-state index in [2.05, 4.69) is 11.0 Å². The van der Waals surface area contributed by atoms with Gasteiger partial charge in [-0.15, -0.1) is 12.4 Å². The van der Waals surface area contributed by atoms with E-state index in [4.69, 9.17) is 14.4 Å². The van der Waals surface area contributed by atoms with Gasteiger partial charge in [0.15, 0.2) is 6.04 Å². The van der Waals surface area contributed by atoms with E-state index in [9.17, 15) is 0 Å². The minimum atomic E-state index is -0.270. The van der Waals surface area contributed by atoms with Crippen LogP contribution in [0.3, 0.4) is 0 Å². The number of nitriles is 1. The van der Waals surface area contributed by atoms with E-state index in [-0.39, 0.29) is 18.4 Å². The largest absolute Gasteiger partial charge is 0.467 e. The van der Waals surface area contributed by atoms with E-state index in [1.165, 1.54) is 0 Å². The van der Waals surface area contributed by atoms with E-state index in [1.54, 1.807) is 12.3 Å². The fourth-order valence-electron chi connectivity index (χ4n) is 1.61. The quantitative estimate of drug-likeness (QED) is 0.772. The molecular formula is C10H13ClN2O2. The molecule has 82 valence electrons. The molecule has 5 heteroatoms. The average Bonchev–Trinajstić information content (AvgIpc) is 2.74. The average molecular weight is 229 g/mol. The standard InChI is InChI=1S/C10H12N2O2.ClH/c11-8-9(10-2-1-5-14-10)12-3-6-13-7-4-12;/h1-2,5,9H,3-4,6-7H2;1H. The first-order valence-corrected chi connectivity index (χ1v) is 4.66. The maximum atomic E-state index is 9.06. The molecule has 1 atom stereocenters. The summed E-state index contributed by atoms with van der Waals surface area (Å²) < 4.78 is 10.5. The van der Waals surface area contributed by atoms with Gasteiger partial charge in [-0.1, -0.05) is 0 Å². The number of morpholine rings is 1. The fraction of sp³-hybridized carbons (Fsp3) is 0.500. The molecule has 1 aromatic rings. The van der Waals surface area contributed by atoms with E-state index in [0.29, 0.717) is 13.2 Å². The van der Waals surface area contributed by atoms with Gasteiger partial charge in [0.1, 0.15) is 5.76 Å². The predicted octanol–water partition coefficient (Wildman–Crippen LogP) is 1.60. The molecule has 15 heavy (non-hydrogen) atoms. The smallest absolute Gasteiger partial charge is 0.157 e. The highest BCUT2D eigenvalue weighted by atomic mass is 35.5. The van der Waals surface area contributed by atoms with Crippen molar-refractivity contribution in [3.63, 3.8) is 0 Å². The van der Waals surface area contributed by atoms with Gasteiger partial charge in [0, 0.05) is 13.1 Å². The molecule has 1 unspecified atom stereocenters. The molecule has 4 nitrogen and oxygen atoms in total. The fourth-order valence-corrected chi connectivity index (χ4v) is 1.61. The second-order valence-electron chi connectivity index (χ2n) is 3.20. The molecule has 1 saturated heterocycles. The number of hydrogen-bond acceptors (Lipinski definition) is 4. The third-order valence-corrected chi connectivity index (χ3v) is 2.35. The van der Waals surface area contributed by atoms with Crippen molar-refractivity contribution >= 4 is 12.4 Å². The zero-order chi connectivity index (χ0) is 9.80. The Balaban J connectivity index is 0.00000112. The minimum Gasteiger partial charge on any atom is -0.467 e. The molecular weight excluding hydrogens is 216 g/mol. The van der Waals surface area contributed by atoms with Gasteiger partial charge in [-0.05, 0) is 12.1 Å². The molecule has 0 spiro atoms. The van der Waals surface area contributed by atoms with Gasteiger partial charge < -0.3 is 9.15 Å². The van der Waals surface area contributed by atoms with Gasteiger partial charge in [-0.25, -0.2) is 0 Å². The molecule has 2 rings (SSSR count). The minimum absolute atomic E-state index is 0. The van der Waals surface area contributed by atoms with Gasteiger partial charge >= 0.3 is 0 Å². The topological polar surface area (TPSA) is 49.4 Å². The lowest BCUT2D eigenvalue weighted by Crippen LogP contribution is -2.38. The van der Waals surface area contributed by atoms with Crippen molar-refractivity contribution in [3.8, 4) is 6.07 Å². The van der Waals surface area contributed by atoms with Crippen molar-refractivity contribution in [2.45, 2.75) is 6.04 Å². The number of rotatable bonds is 2. The lowest BCUT2D eigenvalue weighted by molar-refractivity contribution is 0.0231. The van der Waals surface area contributed by atoms with Crippen LogP contribution < -0.4 is 0 Å². The molecule has 1 aliphatic rings. The van der Waals surface area contributed by atoms with Crippen LogP contribution in [-0.4, -0.2) is 31.2 Å². The van der Waals surface area contributed by atoms with Crippen LogP contribution in [0.4, 0.5) is 0 Å². The molecule has 1 aliphatic heterocycles. The second kappa shape index (κ2) is 5.76. The molecule has 0 bridgehead atoms. The Morgan fingerprint density at radius 2 is 2.13 bits per heavy atom. The van der Waals surface area contributed by atoms with Crippen LogP contribution in [0.25, 0.3) is 0 Å². The first kappa shape index (κ1) is 12.1. The number of hydrogen-bond donors (Lipinski definition) is 0. The van der Waals surface area contributed by atoms with E-state index in [1.807, 2.05) is 6.07 Å². The molecule has 1 aromatic heterocycles. The molecule has 2 heterocycles. The lowest BCUT2D eigenvalue weighted by Gasteiger charge is -2.29. The SMILES string of the molecule is Cl.N#CC(c1ccco1)N1CCOCC1. The van der Waals surface area contributed by atoms with Crippen LogP contribution in [0.5, 0.6) is 0 Å². The van der Waals surface area contributed by atoms with Crippen LogP contribution in [-0.2, 0) is 4.74 Å². The van der Waals surface area contributed by atoms with Crippen molar-refractivity contribution in [1.29, 1.82) is 5.26 Å². The van der Waals surface area contributed by atoms with Crippen LogP contribution in [0.15, 0.2) is 22.8 Å². The van der Waals surface area contributed by atoms with E-state index < -0.39 is 0 Å². The van der Waals surface area contributed by atoms with Crippen LogP contribution in [0.1, 0.15) is 11.8 Å². The Labute approximate surface area is 94.8 Å². The Hall–Kier alpha value is -1.02. The zero-order valence-electron chi connectivity index (χ0n) is 8.26. The summed E-state index contributed by atoms with van der Waals surface area (Å²) in [5.74, 6) is 0.717. The second-order valence-corrected chi connectivity index (χ2v) is 3.20. The zero-order valence-corrected chi connectivity index (χ0v) is 9.07. The highest BCUT2D eigenvalue weighted by molar-refractivity contribution is 5.85. The molecule has 0 radical (unpaired) electrons. The Bertz CT molecular complexity index is 315. The molecule has 0 amide bonds. The summed E-state index contributed by atoms with van der Waals surface area (Å²) in [7, 11) is 0. The highest BCUT2D eigenvalue weighted by Gasteiger charge is 2.23. The van der Waals surface area contributed by atoms with E-state index in [0.717, 1.165) is 18.8 Å². The number of furan rings is 1. The third kappa shape index (κ3) is 2.72. The first-order valence-electron chi connectivity index (χ1n) is 4.66. The van der Waals surface area contributed by atoms with Gasteiger partial charge in [-0.2, -0.15) is 5.26 Å². The monoisotopic (exact) mass is 228 g/mol. The highest BCUT2D eigenvalue weighted by Crippen LogP contribution is 2.20. The Morgan fingerprint density at radius 1 is 1.40 bits per heavy atom.